The molecule has 0 rings (SSSR count). The Labute approximate surface area is 49.8 Å². The van der Waals surface area contributed by atoms with Gasteiger partial charge in [0, 0.05) is 9.91 Å². The Morgan fingerprint density at radius 1 is 1.75 bits per heavy atom. The van der Waals surface area contributed by atoms with Crippen molar-refractivity contribution in [1.82, 2.24) is 0 Å². The topological polar surface area (TPSA) is 0 Å². The second-order valence-electron chi connectivity index (χ2n) is 0.289. The van der Waals surface area contributed by atoms with E-state index >= 15 is 0 Å². The van der Waals surface area contributed by atoms with Crippen molar-refractivity contribution in [2.45, 2.75) is 0 Å². The minimum atomic E-state index is 0. The van der Waals surface area contributed by atoms with E-state index in [0.717, 1.165) is 7.82 Å². The highest BCUT2D eigenvalue weighted by molar-refractivity contribution is 8.15. The van der Waals surface area contributed by atoms with Crippen molar-refractivity contribution in [1.29, 1.82) is 0 Å². The van der Waals surface area contributed by atoms with E-state index in [9.17, 15) is 0 Å². The van der Waals surface area contributed by atoms with Gasteiger partial charge in [-0.2, -0.15) is 0 Å². The van der Waals surface area contributed by atoms with E-state index in [1.165, 1.54) is 9.91 Å². The molecule has 0 nitrogen and oxygen atoms in total. The van der Waals surface area contributed by atoms with Crippen LogP contribution in [0.3, 0.4) is 0 Å². The summed E-state index contributed by atoms with van der Waals surface area (Å²) in [4.78, 5) is 0. The van der Waals surface area contributed by atoms with Gasteiger partial charge in [-0.25, -0.2) is 0 Å². The summed E-state index contributed by atoms with van der Waals surface area (Å²) in [7, 11) is 5.17. The van der Waals surface area contributed by atoms with Crippen molar-refractivity contribution >= 4 is 49.7 Å². The van der Waals surface area contributed by atoms with Gasteiger partial charge >= 0.3 is 23.1 Å². The number of rotatable bonds is 0. The van der Waals surface area contributed by atoms with E-state index in [4.69, 9.17) is 0 Å². The molecule has 0 heterocycles. The van der Waals surface area contributed by atoms with Crippen molar-refractivity contribution in [3.05, 3.63) is 0 Å². The van der Waals surface area contributed by atoms with Crippen LogP contribution < -0.4 is 0 Å². The zero-order chi connectivity index (χ0) is 2.71. The van der Waals surface area contributed by atoms with Gasteiger partial charge in [0.1, 0.15) is 0 Å². The molecule has 0 aromatic rings. The molecule has 2 unspecified atom stereocenters. The Morgan fingerprint density at radius 3 is 1.75 bits per heavy atom. The van der Waals surface area contributed by atoms with Crippen LogP contribution >= 0.6 is 16.7 Å². The normalized spacial score (nSPS) is 8.25. The monoisotopic (exact) mass is 122 g/mol. The molecule has 0 spiro atoms. The zero-order valence-corrected chi connectivity index (χ0v) is 6.23. The van der Waals surface area contributed by atoms with Crippen LogP contribution in [0.4, 0.5) is 0 Å². The van der Waals surface area contributed by atoms with Crippen LogP contribution in [0.5, 0.6) is 0 Å². The smallest absolute Gasteiger partial charge is 0.125 e. The van der Waals surface area contributed by atoms with Gasteiger partial charge in [-0.15, -0.1) is 16.7 Å². The van der Waals surface area contributed by atoms with Gasteiger partial charge in [0.2, 0.25) is 0 Å². The highest BCUT2D eigenvalue weighted by atomic mass is 32.1. The third kappa shape index (κ3) is 9.14. The molecule has 4 heteroatoms. The maximum absolute atomic E-state index is 2.67. The van der Waals surface area contributed by atoms with Crippen molar-refractivity contribution in [3.8, 4) is 0 Å². The highest BCUT2D eigenvalue weighted by Crippen LogP contribution is 2.08. The molecular formula is H8MgP2Si. The predicted octanol–water partition coefficient (Wildman–Crippen LogP) is -1.18. The minimum Gasteiger partial charge on any atom is -0.125 e. The van der Waals surface area contributed by atoms with Gasteiger partial charge in [-0.1, -0.05) is 0 Å². The summed E-state index contributed by atoms with van der Waals surface area (Å²) in [6.07, 6.45) is 0. The van der Waals surface area contributed by atoms with Gasteiger partial charge in [-0.05, 0) is 0 Å². The van der Waals surface area contributed by atoms with Crippen LogP contribution in [-0.2, 0) is 0 Å². The van der Waals surface area contributed by atoms with Crippen LogP contribution in [0, 0.1) is 0 Å². The van der Waals surface area contributed by atoms with Crippen LogP contribution in [0.15, 0.2) is 0 Å². The van der Waals surface area contributed by atoms with Crippen molar-refractivity contribution in [2.75, 3.05) is 0 Å². The summed E-state index contributed by atoms with van der Waals surface area (Å²) in [6.45, 7) is 0. The van der Waals surface area contributed by atoms with E-state index in [-0.39, 0.29) is 23.1 Å². The molecule has 0 saturated heterocycles. The summed E-state index contributed by atoms with van der Waals surface area (Å²) < 4.78 is 0. The maximum atomic E-state index is 2.67. The Hall–Kier alpha value is 1.84. The average Bonchev–Trinajstić information content (AvgIpc) is 0.918. The van der Waals surface area contributed by atoms with Gasteiger partial charge < -0.3 is 0 Å². The van der Waals surface area contributed by atoms with Crippen molar-refractivity contribution < 1.29 is 0 Å². The Balaban J connectivity index is 0. The van der Waals surface area contributed by atoms with Crippen LogP contribution in [0.1, 0.15) is 0 Å². The first-order chi connectivity index (χ1) is 1.41. The van der Waals surface area contributed by atoms with Crippen molar-refractivity contribution in [3.63, 3.8) is 0 Å². The lowest BCUT2D eigenvalue weighted by Crippen LogP contribution is -1.08. The third-order valence-corrected chi connectivity index (χ3v) is 0. The molecule has 2 atom stereocenters. The summed E-state index contributed by atoms with van der Waals surface area (Å²) in [5.41, 5.74) is 0. The summed E-state index contributed by atoms with van der Waals surface area (Å²) >= 11 is 0. The second-order valence-corrected chi connectivity index (χ2v) is 7.79. The minimum absolute atomic E-state index is 0. The van der Waals surface area contributed by atoms with Gasteiger partial charge in [0.25, 0.3) is 0 Å². The third-order valence-electron chi connectivity index (χ3n) is 0. The fourth-order valence-electron chi connectivity index (χ4n) is 0. The van der Waals surface area contributed by atoms with E-state index in [2.05, 4.69) is 8.93 Å². The molecule has 0 aromatic heterocycles. The molecule has 0 radical (unpaired) electrons. The molecule has 24 valence electrons. The molecular weight excluding hydrogens is 114 g/mol. The van der Waals surface area contributed by atoms with Gasteiger partial charge in [0.15, 0.2) is 0 Å². The lowest BCUT2D eigenvalue weighted by Gasteiger charge is -1.50. The largest absolute Gasteiger partial charge is 0.316 e. The molecule has 0 aromatic carbocycles. The van der Waals surface area contributed by atoms with Gasteiger partial charge in [0.05, 0.1) is 0 Å². The fourth-order valence-corrected chi connectivity index (χ4v) is 0. The van der Waals surface area contributed by atoms with E-state index < -0.39 is 0 Å². The summed E-state index contributed by atoms with van der Waals surface area (Å²) in [5, 5.41) is 0. The first kappa shape index (κ1) is 9.28. The Bertz CT molecular complexity index is 6.00. The molecule has 0 aliphatic rings. The van der Waals surface area contributed by atoms with Crippen LogP contribution in [0.2, 0.25) is 0 Å². The summed E-state index contributed by atoms with van der Waals surface area (Å²) in [5.74, 6) is 0. The molecule has 0 amide bonds. The standard InChI is InChI=1S/Mg.H6P2Si.2H/c;1-2-3;;/h;2H,1H2,3H3;;. The first-order valence-corrected chi connectivity index (χ1v) is 7.10. The SMILES string of the molecule is [MgH2].[SiH3]PP. The molecule has 4 heavy (non-hydrogen) atoms. The quantitative estimate of drug-likeness (QED) is 0.280. The Kier molecular flexibility index (Phi) is 20.5. The highest BCUT2D eigenvalue weighted by Gasteiger charge is 1.33. The van der Waals surface area contributed by atoms with E-state index in [1.54, 1.807) is 0 Å². The maximum Gasteiger partial charge on any atom is 0.316 e. The zero-order valence-electron chi connectivity index (χ0n) is 2.08. The average molecular weight is 122 g/mol. The fraction of sp³-hybridized carbons (Fsp3) is 0. The van der Waals surface area contributed by atoms with Crippen LogP contribution in [0.25, 0.3) is 0 Å². The molecule has 0 fully saturated rings. The summed E-state index contributed by atoms with van der Waals surface area (Å²) in [6, 6.07) is 0. The van der Waals surface area contributed by atoms with Crippen molar-refractivity contribution in [2.24, 2.45) is 0 Å². The Morgan fingerprint density at radius 2 is 1.75 bits per heavy atom. The predicted molar refractivity (Wildman–Crippen MR) is 36.5 cm³/mol. The lowest BCUT2D eigenvalue weighted by molar-refractivity contribution is 5.02. The molecule has 0 saturated carbocycles. The van der Waals surface area contributed by atoms with Crippen LogP contribution in [-0.4, -0.2) is 33.0 Å². The van der Waals surface area contributed by atoms with E-state index in [1.807, 2.05) is 0 Å². The second kappa shape index (κ2) is 8.85. The molecule has 0 bridgehead atoms. The number of hydrogen-bond acceptors (Lipinski definition) is 0. The molecule has 0 N–H and O–H groups in total. The van der Waals surface area contributed by atoms with Gasteiger partial charge in [-0.3, -0.25) is 0 Å². The van der Waals surface area contributed by atoms with E-state index in [0.29, 0.717) is 0 Å². The number of hydrogen-bond donors (Lipinski definition) is 0. The molecule has 0 aliphatic carbocycles. The first-order valence-electron chi connectivity index (χ1n) is 0.789. The lowest BCUT2D eigenvalue weighted by atomic mass is 24.3. The molecule has 0 aliphatic heterocycles.